The molecule has 0 radical (unpaired) electrons. The number of carbonyl (C=O) groups excluding carboxylic acids is 1. The van der Waals surface area contributed by atoms with Gasteiger partial charge in [-0.05, 0) is 26.3 Å². The van der Waals surface area contributed by atoms with Crippen LogP contribution >= 0.6 is 34.4 Å². The average molecular weight is 381 g/mol. The summed E-state index contributed by atoms with van der Waals surface area (Å²) in [4.78, 5) is 38.4. The van der Waals surface area contributed by atoms with Crippen LogP contribution in [-0.4, -0.2) is 26.6 Å². The van der Waals surface area contributed by atoms with Crippen LogP contribution in [0.4, 0.5) is 5.13 Å². The lowest BCUT2D eigenvalue weighted by atomic mass is 10.2. The number of fused-ring (bicyclic) bond motifs is 1. The minimum absolute atomic E-state index is 0.111. The quantitative estimate of drug-likeness (QED) is 0.709. The fourth-order valence-corrected chi connectivity index (χ4v) is 4.60. The van der Waals surface area contributed by atoms with E-state index in [1.807, 2.05) is 20.8 Å². The Morgan fingerprint density at radius 1 is 1.33 bits per heavy atom. The Morgan fingerprint density at radius 3 is 2.83 bits per heavy atom. The maximum Gasteiger partial charge on any atom is 0.259 e. The van der Waals surface area contributed by atoms with Crippen molar-refractivity contribution in [2.24, 2.45) is 0 Å². The fraction of sp³-hybridized carbons (Fsp3) is 0.333. The molecular weight excluding hydrogens is 364 g/mol. The number of carbonyl (C=O) groups is 1. The van der Waals surface area contributed by atoms with E-state index in [9.17, 15) is 9.59 Å². The number of H-pyrrole nitrogens is 1. The van der Waals surface area contributed by atoms with E-state index in [0.717, 1.165) is 20.1 Å². The number of amides is 1. The van der Waals surface area contributed by atoms with Gasteiger partial charge in [0.15, 0.2) is 5.13 Å². The molecule has 0 atom stereocenters. The van der Waals surface area contributed by atoms with Gasteiger partial charge in [-0.2, -0.15) is 0 Å². The van der Waals surface area contributed by atoms with Crippen molar-refractivity contribution in [3.63, 3.8) is 0 Å². The number of aryl methyl sites for hydroxylation is 3. The first-order valence-corrected chi connectivity index (χ1v) is 10.0. The van der Waals surface area contributed by atoms with Gasteiger partial charge < -0.3 is 10.3 Å². The van der Waals surface area contributed by atoms with Crippen LogP contribution in [0, 0.1) is 20.8 Å². The van der Waals surface area contributed by atoms with E-state index >= 15 is 0 Å². The van der Waals surface area contributed by atoms with E-state index in [1.54, 1.807) is 6.20 Å². The van der Waals surface area contributed by atoms with Crippen molar-refractivity contribution in [3.05, 3.63) is 37.7 Å². The van der Waals surface area contributed by atoms with Gasteiger partial charge in [0.1, 0.15) is 10.7 Å². The van der Waals surface area contributed by atoms with Crippen molar-refractivity contribution < 1.29 is 4.79 Å². The molecule has 0 saturated carbocycles. The number of thiazole rings is 1. The summed E-state index contributed by atoms with van der Waals surface area (Å²) in [6.45, 7) is 5.86. The smallest absolute Gasteiger partial charge is 0.259 e. The van der Waals surface area contributed by atoms with Gasteiger partial charge in [-0.3, -0.25) is 9.59 Å². The zero-order valence-electron chi connectivity index (χ0n) is 13.4. The summed E-state index contributed by atoms with van der Waals surface area (Å²) in [6.07, 6.45) is 1.72. The Morgan fingerprint density at radius 2 is 2.12 bits per heavy atom. The molecule has 0 aromatic carbocycles. The molecule has 0 unspecified atom stereocenters. The number of hydrogen-bond acceptors (Lipinski definition) is 7. The van der Waals surface area contributed by atoms with Crippen LogP contribution in [-0.2, 0) is 10.5 Å². The van der Waals surface area contributed by atoms with Crippen molar-refractivity contribution in [2.45, 2.75) is 26.5 Å². The molecule has 2 N–H and O–H groups in total. The number of aromatic nitrogens is 3. The van der Waals surface area contributed by atoms with Gasteiger partial charge in [-0.15, -0.1) is 34.4 Å². The van der Waals surface area contributed by atoms with E-state index in [0.29, 0.717) is 22.1 Å². The Kier molecular flexibility index (Phi) is 5.02. The molecule has 0 aliphatic carbocycles. The molecule has 9 heteroatoms. The molecule has 0 spiro atoms. The first kappa shape index (κ1) is 17.1. The highest BCUT2D eigenvalue weighted by molar-refractivity contribution is 7.99. The molecule has 3 aromatic rings. The summed E-state index contributed by atoms with van der Waals surface area (Å²) in [7, 11) is 0. The number of thiophene rings is 1. The number of anilines is 1. The molecule has 3 heterocycles. The van der Waals surface area contributed by atoms with Crippen molar-refractivity contribution in [2.75, 3.05) is 11.1 Å². The van der Waals surface area contributed by atoms with Crippen molar-refractivity contribution >= 4 is 55.7 Å². The van der Waals surface area contributed by atoms with E-state index in [-0.39, 0.29) is 17.2 Å². The third-order valence-electron chi connectivity index (χ3n) is 3.43. The molecule has 24 heavy (non-hydrogen) atoms. The SMILES string of the molecule is Cc1cnc(NC(=O)CSCc2nc3sc(C)c(C)c3c(=O)[nH]2)s1. The molecule has 126 valence electrons. The summed E-state index contributed by atoms with van der Waals surface area (Å²) in [6, 6.07) is 0. The van der Waals surface area contributed by atoms with Gasteiger partial charge in [0.05, 0.1) is 16.9 Å². The number of nitrogens with zero attached hydrogens (tertiary/aromatic N) is 2. The van der Waals surface area contributed by atoms with Gasteiger partial charge >= 0.3 is 0 Å². The zero-order valence-corrected chi connectivity index (χ0v) is 15.9. The second-order valence-electron chi connectivity index (χ2n) is 5.29. The van der Waals surface area contributed by atoms with E-state index in [2.05, 4.69) is 20.3 Å². The van der Waals surface area contributed by atoms with E-state index < -0.39 is 0 Å². The summed E-state index contributed by atoms with van der Waals surface area (Å²) in [5.74, 6) is 1.24. The lowest BCUT2D eigenvalue weighted by Crippen LogP contribution is -2.15. The molecule has 0 fully saturated rings. The predicted octanol–water partition coefficient (Wildman–Crippen LogP) is 3.24. The second-order valence-corrected chi connectivity index (χ2v) is 8.72. The lowest BCUT2D eigenvalue weighted by molar-refractivity contribution is -0.113. The number of hydrogen-bond donors (Lipinski definition) is 2. The first-order valence-electron chi connectivity index (χ1n) is 7.23. The molecule has 1 amide bonds. The molecule has 0 aliphatic heterocycles. The Balaban J connectivity index is 1.61. The van der Waals surface area contributed by atoms with Crippen LogP contribution in [0.3, 0.4) is 0 Å². The van der Waals surface area contributed by atoms with E-state index in [4.69, 9.17) is 0 Å². The largest absolute Gasteiger partial charge is 0.309 e. The second kappa shape index (κ2) is 7.04. The van der Waals surface area contributed by atoms with Crippen molar-refractivity contribution in [1.82, 2.24) is 15.0 Å². The van der Waals surface area contributed by atoms with Gasteiger partial charge in [-0.1, -0.05) is 0 Å². The highest BCUT2D eigenvalue weighted by Crippen LogP contribution is 2.26. The monoisotopic (exact) mass is 380 g/mol. The Labute approximate surface area is 150 Å². The van der Waals surface area contributed by atoms with Crippen LogP contribution in [0.5, 0.6) is 0 Å². The molecular formula is C15H16N4O2S3. The van der Waals surface area contributed by atoms with Gasteiger partial charge in [-0.25, -0.2) is 9.97 Å². The summed E-state index contributed by atoms with van der Waals surface area (Å²) in [5.41, 5.74) is 0.876. The van der Waals surface area contributed by atoms with Crippen LogP contribution in [0.15, 0.2) is 11.0 Å². The molecule has 3 rings (SSSR count). The molecule has 6 nitrogen and oxygen atoms in total. The minimum atomic E-state index is -0.111. The molecule has 3 aromatic heterocycles. The minimum Gasteiger partial charge on any atom is -0.309 e. The predicted molar refractivity (Wildman–Crippen MR) is 101 cm³/mol. The lowest BCUT2D eigenvalue weighted by Gasteiger charge is -2.02. The number of thioether (sulfide) groups is 1. The molecule has 0 bridgehead atoms. The highest BCUT2D eigenvalue weighted by atomic mass is 32.2. The van der Waals surface area contributed by atoms with Gasteiger partial charge in [0.25, 0.3) is 5.56 Å². The third kappa shape index (κ3) is 3.68. The van der Waals surface area contributed by atoms with Crippen LogP contribution in [0.1, 0.15) is 21.1 Å². The third-order valence-corrected chi connectivity index (χ3v) is 6.30. The van der Waals surface area contributed by atoms with Crippen molar-refractivity contribution in [1.29, 1.82) is 0 Å². The normalized spacial score (nSPS) is 11.1. The zero-order chi connectivity index (χ0) is 17.3. The number of nitrogens with one attached hydrogen (secondary N) is 2. The first-order chi connectivity index (χ1) is 11.4. The maximum atomic E-state index is 12.2. The summed E-state index contributed by atoms with van der Waals surface area (Å²) in [5, 5.41) is 4.03. The maximum absolute atomic E-state index is 12.2. The van der Waals surface area contributed by atoms with Crippen LogP contribution in [0.2, 0.25) is 0 Å². The number of aromatic amines is 1. The van der Waals surface area contributed by atoms with Crippen LogP contribution < -0.4 is 10.9 Å². The van der Waals surface area contributed by atoms with E-state index in [1.165, 1.54) is 34.4 Å². The molecule has 0 aliphatic rings. The average Bonchev–Trinajstić information content (AvgIpc) is 3.03. The standard InChI is InChI=1S/C15H16N4O2S3/c1-7-4-16-15(23-7)19-11(20)6-22-5-10-17-13(21)12-8(2)9(3)24-14(12)18-10/h4H,5-6H2,1-3H3,(H,16,19,20)(H,17,18,21). The summed E-state index contributed by atoms with van der Waals surface area (Å²) < 4.78 is 0. The topological polar surface area (TPSA) is 87.7 Å². The van der Waals surface area contributed by atoms with Crippen LogP contribution in [0.25, 0.3) is 10.2 Å². The summed E-state index contributed by atoms with van der Waals surface area (Å²) >= 11 is 4.37. The molecule has 0 saturated heterocycles. The number of rotatable bonds is 5. The van der Waals surface area contributed by atoms with Gasteiger partial charge in [0, 0.05) is 16.0 Å². The van der Waals surface area contributed by atoms with Crippen molar-refractivity contribution in [3.8, 4) is 0 Å². The van der Waals surface area contributed by atoms with Gasteiger partial charge in [0.2, 0.25) is 5.91 Å². The Hall–Kier alpha value is -1.71. The fourth-order valence-electron chi connectivity index (χ4n) is 2.18. The Bertz CT molecular complexity index is 957. The highest BCUT2D eigenvalue weighted by Gasteiger charge is 2.12.